The molecule has 184 valence electrons. The molecule has 0 aliphatic heterocycles. The minimum absolute atomic E-state index is 0.0552. The number of aliphatic carboxylic acids is 1. The van der Waals surface area contributed by atoms with Crippen LogP contribution in [0.2, 0.25) is 0 Å². The van der Waals surface area contributed by atoms with E-state index in [0.717, 1.165) is 16.3 Å². The van der Waals surface area contributed by atoms with Gasteiger partial charge in [0.25, 0.3) is 0 Å². The molecule has 0 saturated heterocycles. The van der Waals surface area contributed by atoms with Crippen molar-refractivity contribution in [1.29, 1.82) is 0 Å². The third-order valence-corrected chi connectivity index (χ3v) is 4.83. The van der Waals surface area contributed by atoms with E-state index in [9.17, 15) is 19.2 Å². The fraction of sp³-hybridized carbons (Fsp3) is 0.440. The Bertz CT molecular complexity index is 1030. The van der Waals surface area contributed by atoms with Gasteiger partial charge in [0.05, 0.1) is 12.5 Å². The monoisotopic (exact) mass is 471 g/mol. The van der Waals surface area contributed by atoms with Crippen LogP contribution in [-0.2, 0) is 25.7 Å². The lowest BCUT2D eigenvalue weighted by Gasteiger charge is -2.23. The van der Waals surface area contributed by atoms with E-state index in [-0.39, 0.29) is 18.7 Å². The molecule has 0 aromatic heterocycles. The Kier molecular flexibility index (Phi) is 9.41. The zero-order valence-corrected chi connectivity index (χ0v) is 20.0. The van der Waals surface area contributed by atoms with Crippen LogP contribution < -0.4 is 16.0 Å². The van der Waals surface area contributed by atoms with E-state index in [1.807, 2.05) is 42.5 Å². The van der Waals surface area contributed by atoms with Gasteiger partial charge in [-0.05, 0) is 44.0 Å². The molecule has 0 bridgehead atoms. The largest absolute Gasteiger partial charge is 0.481 e. The molecular weight excluding hydrogens is 438 g/mol. The van der Waals surface area contributed by atoms with Gasteiger partial charge in [-0.3, -0.25) is 14.4 Å². The predicted octanol–water partition coefficient (Wildman–Crippen LogP) is 3.11. The Balaban J connectivity index is 1.84. The van der Waals surface area contributed by atoms with Crippen LogP contribution in [-0.4, -0.2) is 46.7 Å². The molecule has 34 heavy (non-hydrogen) atoms. The van der Waals surface area contributed by atoms with Crippen molar-refractivity contribution in [2.24, 2.45) is 0 Å². The van der Waals surface area contributed by atoms with Crippen LogP contribution in [0.3, 0.4) is 0 Å². The summed E-state index contributed by atoms with van der Waals surface area (Å²) in [5, 5.41) is 19.2. The first kappa shape index (κ1) is 26.6. The van der Waals surface area contributed by atoms with Gasteiger partial charge >= 0.3 is 12.1 Å². The molecule has 0 heterocycles. The van der Waals surface area contributed by atoms with Crippen LogP contribution >= 0.6 is 0 Å². The molecule has 0 saturated carbocycles. The highest BCUT2D eigenvalue weighted by Gasteiger charge is 2.24. The van der Waals surface area contributed by atoms with Crippen LogP contribution in [0, 0.1) is 0 Å². The Morgan fingerprint density at radius 2 is 1.59 bits per heavy atom. The Morgan fingerprint density at radius 3 is 2.26 bits per heavy atom. The molecule has 2 aromatic rings. The van der Waals surface area contributed by atoms with E-state index < -0.39 is 42.1 Å². The number of carboxylic acid groups (broad SMARTS) is 1. The van der Waals surface area contributed by atoms with Gasteiger partial charge in [-0.1, -0.05) is 42.5 Å². The highest BCUT2D eigenvalue weighted by atomic mass is 16.6. The quantitative estimate of drug-likeness (QED) is 0.421. The standard InChI is InChI=1S/C25H33N3O6/c1-16(12-21(29)26-15-18-10-7-9-17-8-5-6-11-20(17)18)27-22(30)13-19(14-23(31)32)28-24(33)34-25(2,3)4/h5-11,16,19H,12-15H2,1-4H3,(H,26,29)(H,27,30)(H,28,33)(H,31,32). The van der Waals surface area contributed by atoms with Crippen LogP contribution in [0.4, 0.5) is 4.79 Å². The second kappa shape index (κ2) is 12.0. The first-order valence-electron chi connectivity index (χ1n) is 11.2. The topological polar surface area (TPSA) is 134 Å². The van der Waals surface area contributed by atoms with Crippen LogP contribution in [0.1, 0.15) is 52.5 Å². The molecule has 2 rings (SSSR count). The summed E-state index contributed by atoms with van der Waals surface area (Å²) in [6.45, 7) is 7.08. The molecule has 2 aromatic carbocycles. The van der Waals surface area contributed by atoms with Crippen LogP contribution in [0.25, 0.3) is 10.8 Å². The van der Waals surface area contributed by atoms with E-state index in [2.05, 4.69) is 16.0 Å². The maximum absolute atomic E-state index is 12.4. The Morgan fingerprint density at radius 1 is 0.912 bits per heavy atom. The van der Waals surface area contributed by atoms with Gasteiger partial charge in [-0.25, -0.2) is 4.79 Å². The summed E-state index contributed by atoms with van der Waals surface area (Å²) in [7, 11) is 0. The van der Waals surface area contributed by atoms with E-state index in [0.29, 0.717) is 6.54 Å². The summed E-state index contributed by atoms with van der Waals surface area (Å²) in [6, 6.07) is 12.4. The number of nitrogens with one attached hydrogen (secondary N) is 3. The van der Waals surface area contributed by atoms with Crippen LogP contribution in [0.5, 0.6) is 0 Å². The zero-order valence-electron chi connectivity index (χ0n) is 20.0. The second-order valence-electron chi connectivity index (χ2n) is 9.23. The number of ether oxygens (including phenoxy) is 1. The van der Waals surface area contributed by atoms with Crippen molar-refractivity contribution in [2.75, 3.05) is 0 Å². The lowest BCUT2D eigenvalue weighted by atomic mass is 10.0. The summed E-state index contributed by atoms with van der Waals surface area (Å²) < 4.78 is 5.13. The van der Waals surface area contributed by atoms with E-state index >= 15 is 0 Å². The molecule has 2 atom stereocenters. The molecule has 3 amide bonds. The molecular formula is C25H33N3O6. The Hall–Kier alpha value is -3.62. The van der Waals surface area contributed by atoms with Gasteiger partial charge in [0.1, 0.15) is 5.60 Å². The van der Waals surface area contributed by atoms with Gasteiger partial charge in [0.15, 0.2) is 0 Å². The molecule has 0 spiro atoms. The molecule has 2 unspecified atom stereocenters. The van der Waals surface area contributed by atoms with Crippen molar-refractivity contribution >= 4 is 34.6 Å². The van der Waals surface area contributed by atoms with Crippen molar-refractivity contribution in [2.45, 2.75) is 71.2 Å². The number of carbonyl (C=O) groups excluding carboxylic acids is 3. The van der Waals surface area contributed by atoms with Crippen molar-refractivity contribution in [3.8, 4) is 0 Å². The number of alkyl carbamates (subject to hydrolysis) is 1. The maximum Gasteiger partial charge on any atom is 0.407 e. The third-order valence-electron chi connectivity index (χ3n) is 4.83. The number of carboxylic acids is 1. The smallest absolute Gasteiger partial charge is 0.407 e. The van der Waals surface area contributed by atoms with Crippen molar-refractivity contribution in [3.05, 3.63) is 48.0 Å². The summed E-state index contributed by atoms with van der Waals surface area (Å²) in [4.78, 5) is 47.8. The number of benzene rings is 2. The van der Waals surface area contributed by atoms with Crippen molar-refractivity contribution in [1.82, 2.24) is 16.0 Å². The van der Waals surface area contributed by atoms with Gasteiger partial charge in [0, 0.05) is 25.4 Å². The van der Waals surface area contributed by atoms with E-state index in [1.165, 1.54) is 0 Å². The Labute approximate surface area is 199 Å². The van der Waals surface area contributed by atoms with Gasteiger partial charge in [-0.2, -0.15) is 0 Å². The molecule has 0 aliphatic carbocycles. The molecule has 9 heteroatoms. The fourth-order valence-corrected chi connectivity index (χ4v) is 3.46. The number of rotatable bonds is 10. The molecule has 0 aliphatic rings. The first-order valence-corrected chi connectivity index (χ1v) is 11.2. The highest BCUT2D eigenvalue weighted by molar-refractivity contribution is 5.86. The lowest BCUT2D eigenvalue weighted by molar-refractivity contribution is -0.137. The normalized spacial score (nSPS) is 12.9. The molecule has 9 nitrogen and oxygen atoms in total. The third kappa shape index (κ3) is 9.48. The summed E-state index contributed by atoms with van der Waals surface area (Å²) in [5.74, 6) is -1.86. The minimum Gasteiger partial charge on any atom is -0.481 e. The predicted molar refractivity (Wildman–Crippen MR) is 128 cm³/mol. The minimum atomic E-state index is -1.16. The average molecular weight is 472 g/mol. The van der Waals surface area contributed by atoms with Gasteiger partial charge in [0.2, 0.25) is 11.8 Å². The summed E-state index contributed by atoms with van der Waals surface area (Å²) in [6.07, 6.45) is -1.44. The number of amides is 3. The fourth-order valence-electron chi connectivity index (χ4n) is 3.46. The number of hydrogen-bond donors (Lipinski definition) is 4. The summed E-state index contributed by atoms with van der Waals surface area (Å²) >= 11 is 0. The number of carbonyl (C=O) groups is 4. The SMILES string of the molecule is CC(CC(=O)NCc1cccc2ccccc12)NC(=O)CC(CC(=O)O)NC(=O)OC(C)(C)C. The zero-order chi connectivity index (χ0) is 25.3. The van der Waals surface area contributed by atoms with Crippen LogP contribution in [0.15, 0.2) is 42.5 Å². The van der Waals surface area contributed by atoms with Crippen molar-refractivity contribution < 1.29 is 29.0 Å². The number of fused-ring (bicyclic) bond motifs is 1. The highest BCUT2D eigenvalue weighted by Crippen LogP contribution is 2.18. The first-order chi connectivity index (χ1) is 15.9. The second-order valence-corrected chi connectivity index (χ2v) is 9.23. The molecule has 0 fully saturated rings. The van der Waals surface area contributed by atoms with E-state index in [1.54, 1.807) is 27.7 Å². The van der Waals surface area contributed by atoms with E-state index in [4.69, 9.17) is 9.84 Å². The summed E-state index contributed by atoms with van der Waals surface area (Å²) in [5.41, 5.74) is 0.237. The molecule has 4 N–H and O–H groups in total. The van der Waals surface area contributed by atoms with Gasteiger partial charge < -0.3 is 25.8 Å². The van der Waals surface area contributed by atoms with Crippen molar-refractivity contribution in [3.63, 3.8) is 0 Å². The number of hydrogen-bond acceptors (Lipinski definition) is 5. The molecule has 0 radical (unpaired) electrons. The lowest BCUT2D eigenvalue weighted by Crippen LogP contribution is -2.44. The maximum atomic E-state index is 12.4. The van der Waals surface area contributed by atoms with Gasteiger partial charge in [-0.15, -0.1) is 0 Å². The average Bonchev–Trinajstić information content (AvgIpc) is 2.69.